The Kier molecular flexibility index (Phi) is 3.57. The molecule has 2 fully saturated rings. The van der Waals surface area contributed by atoms with E-state index in [1.807, 2.05) is 0 Å². The molecule has 0 amide bonds. The third-order valence-corrected chi connectivity index (χ3v) is 3.85. The summed E-state index contributed by atoms with van der Waals surface area (Å²) in [5.74, 6) is 1.82. The lowest BCUT2D eigenvalue weighted by Gasteiger charge is -2.22. The average molecular weight is 247 g/mol. The Hall–Kier alpha value is -1.39. The van der Waals surface area contributed by atoms with Gasteiger partial charge < -0.3 is 9.80 Å². The summed E-state index contributed by atoms with van der Waals surface area (Å²) < 4.78 is 0. The van der Waals surface area contributed by atoms with Crippen LogP contribution < -0.4 is 9.80 Å². The van der Waals surface area contributed by atoms with Crippen molar-refractivity contribution in [1.29, 1.82) is 0 Å². The van der Waals surface area contributed by atoms with Crippen LogP contribution in [0.25, 0.3) is 0 Å². The Bertz CT molecular complexity index is 381. The number of hydrogen-bond acceptors (Lipinski definition) is 5. The van der Waals surface area contributed by atoms with E-state index < -0.39 is 0 Å². The third-order valence-electron chi connectivity index (χ3n) is 3.85. The van der Waals surface area contributed by atoms with E-state index in [2.05, 4.69) is 20.0 Å². The predicted octanol–water partition coefficient (Wildman–Crippen LogP) is 1.85. The monoisotopic (exact) mass is 247 g/mol. The predicted molar refractivity (Wildman–Crippen MR) is 72.0 cm³/mol. The zero-order chi connectivity index (χ0) is 12.2. The van der Waals surface area contributed by atoms with E-state index in [1.54, 1.807) is 6.20 Å². The summed E-state index contributed by atoms with van der Waals surface area (Å²) in [4.78, 5) is 9.31. The van der Waals surface area contributed by atoms with E-state index in [0.29, 0.717) is 0 Å². The lowest BCUT2D eigenvalue weighted by atomic mass is 10.2. The first kappa shape index (κ1) is 11.7. The zero-order valence-corrected chi connectivity index (χ0v) is 10.9. The van der Waals surface area contributed by atoms with Crippen LogP contribution >= 0.6 is 0 Å². The zero-order valence-electron chi connectivity index (χ0n) is 10.9. The van der Waals surface area contributed by atoms with Crippen molar-refractivity contribution in [3.8, 4) is 0 Å². The van der Waals surface area contributed by atoms with Gasteiger partial charge in [-0.25, -0.2) is 0 Å². The first-order valence-corrected chi connectivity index (χ1v) is 7.13. The van der Waals surface area contributed by atoms with Gasteiger partial charge in [-0.2, -0.15) is 10.1 Å². The minimum absolute atomic E-state index is 0.821. The molecule has 0 spiro atoms. The second-order valence-electron chi connectivity index (χ2n) is 5.21. The molecule has 0 aliphatic carbocycles. The molecule has 5 nitrogen and oxygen atoms in total. The topological polar surface area (TPSA) is 45.2 Å². The SMILES string of the molecule is c1nnc(N2CCCCCC2)nc1N1CCCC1. The second-order valence-corrected chi connectivity index (χ2v) is 5.21. The van der Waals surface area contributed by atoms with Crippen molar-refractivity contribution in [2.75, 3.05) is 36.0 Å². The van der Waals surface area contributed by atoms with E-state index in [-0.39, 0.29) is 0 Å². The minimum Gasteiger partial charge on any atom is -0.355 e. The largest absolute Gasteiger partial charge is 0.355 e. The fourth-order valence-electron chi connectivity index (χ4n) is 2.79. The molecule has 3 heterocycles. The Morgan fingerprint density at radius 2 is 1.39 bits per heavy atom. The Labute approximate surface area is 108 Å². The van der Waals surface area contributed by atoms with E-state index in [9.17, 15) is 0 Å². The van der Waals surface area contributed by atoms with Gasteiger partial charge in [0.1, 0.15) is 0 Å². The smallest absolute Gasteiger partial charge is 0.247 e. The van der Waals surface area contributed by atoms with Crippen LogP contribution in [0.15, 0.2) is 6.20 Å². The van der Waals surface area contributed by atoms with Crippen LogP contribution in [-0.4, -0.2) is 41.4 Å². The summed E-state index contributed by atoms with van der Waals surface area (Å²) in [5, 5.41) is 8.35. The van der Waals surface area contributed by atoms with Crippen LogP contribution in [0.3, 0.4) is 0 Å². The molecule has 0 unspecified atom stereocenters. The van der Waals surface area contributed by atoms with E-state index in [0.717, 1.165) is 37.9 Å². The van der Waals surface area contributed by atoms with Gasteiger partial charge in [0.05, 0.1) is 6.20 Å². The molecule has 2 saturated heterocycles. The average Bonchev–Trinajstić information content (AvgIpc) is 2.82. The normalized spacial score (nSPS) is 21.1. The van der Waals surface area contributed by atoms with Crippen molar-refractivity contribution in [1.82, 2.24) is 15.2 Å². The molecule has 98 valence electrons. The van der Waals surface area contributed by atoms with Crippen molar-refractivity contribution in [2.45, 2.75) is 38.5 Å². The minimum atomic E-state index is 0.821. The molecule has 1 aromatic rings. The molecule has 0 radical (unpaired) electrons. The lowest BCUT2D eigenvalue weighted by Crippen LogP contribution is -2.28. The highest BCUT2D eigenvalue weighted by molar-refractivity contribution is 5.42. The molecule has 2 aliphatic rings. The van der Waals surface area contributed by atoms with Gasteiger partial charge in [-0.05, 0) is 25.7 Å². The van der Waals surface area contributed by atoms with Gasteiger partial charge in [-0.1, -0.05) is 12.8 Å². The van der Waals surface area contributed by atoms with Crippen molar-refractivity contribution in [3.05, 3.63) is 6.20 Å². The number of rotatable bonds is 2. The van der Waals surface area contributed by atoms with Gasteiger partial charge in [-0.15, -0.1) is 5.10 Å². The molecule has 0 atom stereocenters. The molecule has 2 aliphatic heterocycles. The summed E-state index contributed by atoms with van der Waals surface area (Å²) >= 11 is 0. The lowest BCUT2D eigenvalue weighted by molar-refractivity contribution is 0.726. The highest BCUT2D eigenvalue weighted by atomic mass is 15.3. The first-order chi connectivity index (χ1) is 8.93. The molecule has 5 heteroatoms. The highest BCUT2D eigenvalue weighted by Crippen LogP contribution is 2.20. The van der Waals surface area contributed by atoms with Crippen molar-refractivity contribution >= 4 is 11.8 Å². The summed E-state index contributed by atoms with van der Waals surface area (Å²) in [7, 11) is 0. The van der Waals surface area contributed by atoms with Crippen molar-refractivity contribution in [3.63, 3.8) is 0 Å². The molecule has 0 saturated carbocycles. The summed E-state index contributed by atoms with van der Waals surface area (Å²) in [6, 6.07) is 0. The maximum absolute atomic E-state index is 4.70. The Morgan fingerprint density at radius 1 is 0.778 bits per heavy atom. The van der Waals surface area contributed by atoms with Gasteiger partial charge in [0.15, 0.2) is 5.82 Å². The molecule has 0 bridgehead atoms. The van der Waals surface area contributed by atoms with Crippen LogP contribution in [0, 0.1) is 0 Å². The number of hydrogen-bond donors (Lipinski definition) is 0. The molecule has 0 N–H and O–H groups in total. The maximum atomic E-state index is 4.70. The number of anilines is 2. The second kappa shape index (κ2) is 5.50. The van der Waals surface area contributed by atoms with E-state index >= 15 is 0 Å². The standard InChI is InChI=1S/C13H21N5/c1-2-4-10-18(9-3-1)13-15-12(11-14-16-13)17-7-5-6-8-17/h11H,1-10H2. The summed E-state index contributed by atoms with van der Waals surface area (Å²) in [6.45, 7) is 4.37. The Morgan fingerprint density at radius 3 is 2.11 bits per heavy atom. The van der Waals surface area contributed by atoms with Crippen LogP contribution in [0.5, 0.6) is 0 Å². The van der Waals surface area contributed by atoms with Gasteiger partial charge in [0.25, 0.3) is 0 Å². The van der Waals surface area contributed by atoms with Gasteiger partial charge in [0.2, 0.25) is 5.95 Å². The first-order valence-electron chi connectivity index (χ1n) is 7.13. The van der Waals surface area contributed by atoms with Crippen LogP contribution in [-0.2, 0) is 0 Å². The summed E-state index contributed by atoms with van der Waals surface area (Å²) in [5.41, 5.74) is 0. The van der Waals surface area contributed by atoms with Gasteiger partial charge in [-0.3, -0.25) is 0 Å². The maximum Gasteiger partial charge on any atom is 0.247 e. The van der Waals surface area contributed by atoms with Crippen LogP contribution in [0.1, 0.15) is 38.5 Å². The van der Waals surface area contributed by atoms with Gasteiger partial charge in [0, 0.05) is 26.2 Å². The highest BCUT2D eigenvalue weighted by Gasteiger charge is 2.17. The van der Waals surface area contributed by atoms with Crippen LogP contribution in [0.2, 0.25) is 0 Å². The molecule has 1 aromatic heterocycles. The fourth-order valence-corrected chi connectivity index (χ4v) is 2.79. The summed E-state index contributed by atoms with van der Waals surface area (Å²) in [6.07, 6.45) is 9.48. The Balaban J connectivity index is 1.76. The van der Waals surface area contributed by atoms with E-state index in [4.69, 9.17) is 4.98 Å². The molecule has 3 rings (SSSR count). The number of aromatic nitrogens is 3. The third kappa shape index (κ3) is 2.54. The van der Waals surface area contributed by atoms with Gasteiger partial charge >= 0.3 is 0 Å². The number of nitrogens with zero attached hydrogens (tertiary/aromatic N) is 5. The molecular weight excluding hydrogens is 226 g/mol. The molecular formula is C13H21N5. The molecule has 0 aromatic carbocycles. The quantitative estimate of drug-likeness (QED) is 0.798. The van der Waals surface area contributed by atoms with Crippen molar-refractivity contribution < 1.29 is 0 Å². The molecule has 18 heavy (non-hydrogen) atoms. The van der Waals surface area contributed by atoms with E-state index in [1.165, 1.54) is 38.5 Å². The fraction of sp³-hybridized carbons (Fsp3) is 0.769. The van der Waals surface area contributed by atoms with Crippen LogP contribution in [0.4, 0.5) is 11.8 Å². The van der Waals surface area contributed by atoms with Crippen molar-refractivity contribution in [2.24, 2.45) is 0 Å².